The van der Waals surface area contributed by atoms with Gasteiger partial charge in [-0.25, -0.2) is 17.9 Å². The molecule has 0 aliphatic rings. The molecule has 1 aromatic rings. The first-order chi connectivity index (χ1) is 9.92. The van der Waals surface area contributed by atoms with Crippen LogP contribution in [-0.4, -0.2) is 41.1 Å². The lowest BCUT2D eigenvalue weighted by Gasteiger charge is -2.11. The third-order valence-electron chi connectivity index (χ3n) is 2.92. The van der Waals surface area contributed by atoms with Crippen LogP contribution >= 0.6 is 0 Å². The summed E-state index contributed by atoms with van der Waals surface area (Å²) in [4.78, 5) is 11.6. The smallest absolute Gasteiger partial charge is 0.337 e. The van der Waals surface area contributed by atoms with Gasteiger partial charge in [0.2, 0.25) is 10.0 Å². The van der Waals surface area contributed by atoms with E-state index in [0.717, 1.165) is 13.0 Å². The highest BCUT2D eigenvalue weighted by molar-refractivity contribution is 7.89. The zero-order valence-electron chi connectivity index (χ0n) is 12.6. The highest BCUT2D eigenvalue weighted by atomic mass is 32.2. The molecule has 0 amide bonds. The average molecular weight is 314 g/mol. The van der Waals surface area contributed by atoms with E-state index in [0.29, 0.717) is 18.7 Å². The molecule has 0 fully saturated rings. The maximum absolute atomic E-state index is 12.3. The predicted octanol–water partition coefficient (Wildman–Crippen LogP) is 1.06. The van der Waals surface area contributed by atoms with Crippen molar-refractivity contribution in [2.75, 3.05) is 26.7 Å². The number of ether oxygens (including phenoxy) is 1. The van der Waals surface area contributed by atoms with Gasteiger partial charge in [0.15, 0.2) is 0 Å². The van der Waals surface area contributed by atoms with Crippen LogP contribution in [0.3, 0.4) is 0 Å². The average Bonchev–Trinajstić information content (AvgIpc) is 2.46. The fourth-order valence-electron chi connectivity index (χ4n) is 1.79. The second kappa shape index (κ2) is 8.11. The lowest BCUT2D eigenvalue weighted by molar-refractivity contribution is 0.0600. The molecule has 2 N–H and O–H groups in total. The van der Waals surface area contributed by atoms with E-state index in [4.69, 9.17) is 0 Å². The zero-order chi connectivity index (χ0) is 15.9. The monoisotopic (exact) mass is 314 g/mol. The van der Waals surface area contributed by atoms with Gasteiger partial charge in [-0.05, 0) is 37.6 Å². The van der Waals surface area contributed by atoms with Crippen LogP contribution < -0.4 is 10.0 Å². The Labute approximate surface area is 125 Å². The second-order valence-electron chi connectivity index (χ2n) is 4.62. The molecule has 0 aromatic heterocycles. The van der Waals surface area contributed by atoms with Crippen LogP contribution in [-0.2, 0) is 14.8 Å². The number of sulfonamides is 1. The Bertz CT molecular complexity index is 585. The molecule has 0 spiro atoms. The quantitative estimate of drug-likeness (QED) is 0.554. The molecule has 118 valence electrons. The first-order valence-electron chi connectivity index (χ1n) is 6.81. The molecule has 0 saturated carbocycles. The maximum atomic E-state index is 12.3. The van der Waals surface area contributed by atoms with E-state index in [2.05, 4.69) is 14.8 Å². The first-order valence-corrected chi connectivity index (χ1v) is 8.30. The van der Waals surface area contributed by atoms with Gasteiger partial charge in [0, 0.05) is 13.1 Å². The Morgan fingerprint density at radius 2 is 1.95 bits per heavy atom. The van der Waals surface area contributed by atoms with Gasteiger partial charge >= 0.3 is 5.97 Å². The van der Waals surface area contributed by atoms with Crippen LogP contribution in [0.2, 0.25) is 0 Å². The lowest BCUT2D eigenvalue weighted by Crippen LogP contribution is -2.32. The number of esters is 1. The fourth-order valence-corrected chi connectivity index (χ4v) is 3.09. The van der Waals surface area contributed by atoms with Crippen LogP contribution in [0.4, 0.5) is 0 Å². The van der Waals surface area contributed by atoms with Crippen molar-refractivity contribution in [2.24, 2.45) is 0 Å². The van der Waals surface area contributed by atoms with Crippen LogP contribution in [0.1, 0.15) is 29.3 Å². The standard InChI is InChI=1S/C14H22N2O4S/c1-4-7-15-8-9-16-21(18,19)13-10-12(14(17)20-3)6-5-11(13)2/h5-6,10,15-16H,4,7-9H2,1-3H3. The molecule has 0 aliphatic heterocycles. The maximum Gasteiger partial charge on any atom is 0.337 e. The summed E-state index contributed by atoms with van der Waals surface area (Å²) in [6, 6.07) is 4.47. The Morgan fingerprint density at radius 1 is 1.24 bits per heavy atom. The molecular weight excluding hydrogens is 292 g/mol. The molecule has 0 atom stereocenters. The third-order valence-corrected chi connectivity index (χ3v) is 4.52. The summed E-state index contributed by atoms with van der Waals surface area (Å²) in [6.07, 6.45) is 0.993. The Hall–Kier alpha value is -1.44. The lowest BCUT2D eigenvalue weighted by atomic mass is 10.1. The minimum atomic E-state index is -3.64. The number of hydrogen-bond acceptors (Lipinski definition) is 5. The summed E-state index contributed by atoms with van der Waals surface area (Å²) < 4.78 is 31.6. The molecule has 1 aromatic carbocycles. The molecule has 0 aliphatic carbocycles. The summed E-state index contributed by atoms with van der Waals surface area (Å²) in [5, 5.41) is 3.11. The topological polar surface area (TPSA) is 84.5 Å². The molecule has 0 unspecified atom stereocenters. The highest BCUT2D eigenvalue weighted by Gasteiger charge is 2.18. The van der Waals surface area contributed by atoms with E-state index in [1.165, 1.54) is 13.2 Å². The van der Waals surface area contributed by atoms with Crippen molar-refractivity contribution in [3.05, 3.63) is 29.3 Å². The number of benzene rings is 1. The molecule has 21 heavy (non-hydrogen) atoms. The highest BCUT2D eigenvalue weighted by Crippen LogP contribution is 2.17. The predicted molar refractivity (Wildman–Crippen MR) is 80.9 cm³/mol. The Kier molecular flexibility index (Phi) is 6.80. The van der Waals surface area contributed by atoms with Crippen molar-refractivity contribution < 1.29 is 17.9 Å². The second-order valence-corrected chi connectivity index (χ2v) is 6.36. The van der Waals surface area contributed by atoms with Gasteiger partial charge < -0.3 is 10.1 Å². The minimum absolute atomic E-state index is 0.0980. The van der Waals surface area contributed by atoms with Crippen LogP contribution in [0, 0.1) is 6.92 Å². The number of nitrogens with one attached hydrogen (secondary N) is 2. The SMILES string of the molecule is CCCNCCNS(=O)(=O)c1cc(C(=O)OC)ccc1C. The minimum Gasteiger partial charge on any atom is -0.465 e. The number of aryl methyl sites for hydroxylation is 1. The van der Waals surface area contributed by atoms with E-state index in [9.17, 15) is 13.2 Å². The van der Waals surface area contributed by atoms with Crippen molar-refractivity contribution in [1.29, 1.82) is 0 Å². The van der Waals surface area contributed by atoms with Crippen molar-refractivity contribution in [1.82, 2.24) is 10.0 Å². The van der Waals surface area contributed by atoms with Crippen molar-refractivity contribution >= 4 is 16.0 Å². The first kappa shape index (κ1) is 17.6. The van der Waals surface area contributed by atoms with Crippen LogP contribution in [0.5, 0.6) is 0 Å². The van der Waals surface area contributed by atoms with Gasteiger partial charge in [-0.1, -0.05) is 13.0 Å². The zero-order valence-corrected chi connectivity index (χ0v) is 13.4. The molecule has 6 nitrogen and oxygen atoms in total. The summed E-state index contributed by atoms with van der Waals surface area (Å²) in [7, 11) is -2.38. The van der Waals surface area contributed by atoms with E-state index in [1.807, 2.05) is 6.92 Å². The van der Waals surface area contributed by atoms with E-state index < -0.39 is 16.0 Å². The molecule has 0 saturated heterocycles. The molecule has 0 heterocycles. The van der Waals surface area contributed by atoms with E-state index in [1.54, 1.807) is 19.1 Å². The molecule has 7 heteroatoms. The van der Waals surface area contributed by atoms with Gasteiger partial charge in [0.25, 0.3) is 0 Å². The number of rotatable bonds is 8. The van der Waals surface area contributed by atoms with Crippen molar-refractivity contribution in [2.45, 2.75) is 25.2 Å². The largest absolute Gasteiger partial charge is 0.465 e. The molecule has 0 bridgehead atoms. The normalized spacial score (nSPS) is 11.4. The summed E-state index contributed by atoms with van der Waals surface area (Å²) >= 11 is 0. The van der Waals surface area contributed by atoms with E-state index >= 15 is 0 Å². The summed E-state index contributed by atoms with van der Waals surface area (Å²) in [5.41, 5.74) is 0.796. The number of carbonyl (C=O) groups is 1. The van der Waals surface area contributed by atoms with Gasteiger partial charge in [-0.2, -0.15) is 0 Å². The molecule has 1 rings (SSSR count). The van der Waals surface area contributed by atoms with Crippen LogP contribution in [0.25, 0.3) is 0 Å². The van der Waals surface area contributed by atoms with Gasteiger partial charge in [0.1, 0.15) is 0 Å². The number of hydrogen-bond donors (Lipinski definition) is 2. The van der Waals surface area contributed by atoms with Crippen molar-refractivity contribution in [3.63, 3.8) is 0 Å². The molecule has 0 radical (unpaired) electrons. The summed E-state index contributed by atoms with van der Waals surface area (Å²) in [5.74, 6) is -0.559. The van der Waals surface area contributed by atoms with Gasteiger partial charge in [-0.3, -0.25) is 0 Å². The Balaban J connectivity index is 2.84. The fraction of sp³-hybridized carbons (Fsp3) is 0.500. The number of methoxy groups -OCH3 is 1. The number of carbonyl (C=O) groups excluding carboxylic acids is 1. The van der Waals surface area contributed by atoms with E-state index in [-0.39, 0.29) is 10.5 Å². The Morgan fingerprint density at radius 3 is 2.57 bits per heavy atom. The van der Waals surface area contributed by atoms with Crippen molar-refractivity contribution in [3.8, 4) is 0 Å². The summed E-state index contributed by atoms with van der Waals surface area (Å²) in [6.45, 7) is 5.43. The third kappa shape index (κ3) is 5.11. The van der Waals surface area contributed by atoms with Crippen LogP contribution in [0.15, 0.2) is 23.1 Å². The van der Waals surface area contributed by atoms with Gasteiger partial charge in [-0.15, -0.1) is 0 Å². The van der Waals surface area contributed by atoms with Gasteiger partial charge in [0.05, 0.1) is 17.6 Å². The molecular formula is C14H22N2O4S.